The number of benzene rings is 2. The zero-order chi connectivity index (χ0) is 16.8. The minimum absolute atomic E-state index is 0.190. The van der Waals surface area contributed by atoms with E-state index in [2.05, 4.69) is 35.2 Å². The van der Waals surface area contributed by atoms with Gasteiger partial charge in [0.25, 0.3) is 0 Å². The first-order valence-electron chi connectivity index (χ1n) is 8.76. The molecular weight excluding hydrogens is 318 g/mol. The van der Waals surface area contributed by atoms with Crippen LogP contribution >= 0.6 is 11.6 Å². The summed E-state index contributed by atoms with van der Waals surface area (Å²) in [5, 5.41) is 0.672. The van der Waals surface area contributed by atoms with Crippen molar-refractivity contribution in [2.24, 2.45) is 5.92 Å². The number of ketones is 1. The largest absolute Gasteiger partial charge is 0.296 e. The second kappa shape index (κ2) is 8.46. The van der Waals surface area contributed by atoms with Gasteiger partial charge in [-0.05, 0) is 68.0 Å². The Morgan fingerprint density at radius 2 is 1.83 bits per heavy atom. The maximum Gasteiger partial charge on any atom is 0.176 e. The molecule has 0 saturated carbocycles. The van der Waals surface area contributed by atoms with Crippen LogP contribution < -0.4 is 0 Å². The van der Waals surface area contributed by atoms with Crippen LogP contribution in [0.15, 0.2) is 54.6 Å². The number of hydrogen-bond acceptors (Lipinski definition) is 2. The molecule has 0 aliphatic carbocycles. The van der Waals surface area contributed by atoms with Crippen LogP contribution in [0.3, 0.4) is 0 Å². The number of hydrogen-bond donors (Lipinski definition) is 0. The molecule has 0 bridgehead atoms. The summed E-state index contributed by atoms with van der Waals surface area (Å²) in [6, 6.07) is 17.9. The van der Waals surface area contributed by atoms with Crippen molar-refractivity contribution < 1.29 is 4.79 Å². The molecule has 1 atom stereocenters. The van der Waals surface area contributed by atoms with E-state index in [1.807, 2.05) is 12.1 Å². The molecule has 2 aromatic carbocycles. The van der Waals surface area contributed by atoms with Crippen LogP contribution in [-0.2, 0) is 6.42 Å². The summed E-state index contributed by atoms with van der Waals surface area (Å²) >= 11 is 5.89. The molecule has 3 rings (SSSR count). The number of halogens is 1. The first-order valence-corrected chi connectivity index (χ1v) is 9.13. The van der Waals surface area contributed by atoms with Gasteiger partial charge in [0.05, 0.1) is 6.54 Å². The number of likely N-dealkylation sites (tertiary alicyclic amines) is 1. The van der Waals surface area contributed by atoms with Crippen LogP contribution in [0.5, 0.6) is 0 Å². The van der Waals surface area contributed by atoms with Gasteiger partial charge >= 0.3 is 0 Å². The molecule has 1 saturated heterocycles. The number of piperidine rings is 1. The molecule has 1 aliphatic rings. The Kier molecular flexibility index (Phi) is 6.06. The normalized spacial score (nSPS) is 18.5. The van der Waals surface area contributed by atoms with Crippen molar-refractivity contribution in [2.75, 3.05) is 19.6 Å². The Balaban J connectivity index is 1.50. The van der Waals surface area contributed by atoms with Crippen molar-refractivity contribution in [3.8, 4) is 0 Å². The summed E-state index contributed by atoms with van der Waals surface area (Å²) in [4.78, 5) is 14.7. The lowest BCUT2D eigenvalue weighted by molar-refractivity contribution is 0.0882. The van der Waals surface area contributed by atoms with Gasteiger partial charge < -0.3 is 0 Å². The molecule has 0 radical (unpaired) electrons. The minimum Gasteiger partial charge on any atom is -0.296 e. The van der Waals surface area contributed by atoms with Crippen LogP contribution in [0.25, 0.3) is 0 Å². The van der Waals surface area contributed by atoms with Gasteiger partial charge in [0.2, 0.25) is 0 Å². The van der Waals surface area contributed by atoms with E-state index in [0.29, 0.717) is 17.5 Å². The number of carbonyl (C=O) groups is 1. The average Bonchev–Trinajstić information content (AvgIpc) is 2.62. The molecule has 1 aliphatic heterocycles. The molecule has 0 aromatic heterocycles. The number of carbonyl (C=O) groups excluding carboxylic acids is 1. The molecule has 24 heavy (non-hydrogen) atoms. The van der Waals surface area contributed by atoms with Crippen LogP contribution in [-0.4, -0.2) is 30.3 Å². The fraction of sp³-hybridized carbons (Fsp3) is 0.381. The van der Waals surface area contributed by atoms with E-state index in [0.717, 1.165) is 25.1 Å². The number of Topliss-reactive ketones (excluding diaryl/α,β-unsaturated/α-hetero) is 1. The lowest BCUT2D eigenvalue weighted by Crippen LogP contribution is -2.39. The highest BCUT2D eigenvalue weighted by molar-refractivity contribution is 6.30. The monoisotopic (exact) mass is 341 g/mol. The van der Waals surface area contributed by atoms with Crippen molar-refractivity contribution in [1.29, 1.82) is 0 Å². The predicted octanol–water partition coefficient (Wildman–Crippen LogP) is 4.87. The van der Waals surface area contributed by atoms with Crippen LogP contribution in [0.1, 0.15) is 35.2 Å². The smallest absolute Gasteiger partial charge is 0.176 e. The molecular formula is C21H24ClNO. The Morgan fingerprint density at radius 1 is 1.08 bits per heavy atom. The Bertz CT molecular complexity index is 653. The quantitative estimate of drug-likeness (QED) is 0.699. The van der Waals surface area contributed by atoms with E-state index < -0.39 is 0 Å². The van der Waals surface area contributed by atoms with E-state index in [1.165, 1.54) is 24.8 Å². The van der Waals surface area contributed by atoms with Gasteiger partial charge in [-0.1, -0.05) is 41.9 Å². The Hall–Kier alpha value is -1.64. The third-order valence-corrected chi connectivity index (χ3v) is 5.07. The van der Waals surface area contributed by atoms with Crippen molar-refractivity contribution in [2.45, 2.75) is 25.7 Å². The van der Waals surface area contributed by atoms with Crippen LogP contribution in [0.4, 0.5) is 0 Å². The summed E-state index contributed by atoms with van der Waals surface area (Å²) in [7, 11) is 0. The molecule has 1 heterocycles. The molecule has 2 nitrogen and oxygen atoms in total. The lowest BCUT2D eigenvalue weighted by atomic mass is 9.91. The molecule has 2 aromatic rings. The summed E-state index contributed by atoms with van der Waals surface area (Å²) in [6.45, 7) is 2.58. The van der Waals surface area contributed by atoms with Gasteiger partial charge in [-0.3, -0.25) is 9.69 Å². The average molecular weight is 342 g/mol. The zero-order valence-electron chi connectivity index (χ0n) is 14.0. The van der Waals surface area contributed by atoms with Gasteiger partial charge in [0.1, 0.15) is 0 Å². The van der Waals surface area contributed by atoms with Crippen molar-refractivity contribution in [1.82, 2.24) is 4.90 Å². The zero-order valence-corrected chi connectivity index (χ0v) is 14.7. The predicted molar refractivity (Wildman–Crippen MR) is 99.7 cm³/mol. The maximum atomic E-state index is 12.4. The molecule has 1 fully saturated rings. The van der Waals surface area contributed by atoms with E-state index >= 15 is 0 Å². The first-order chi connectivity index (χ1) is 11.7. The second-order valence-electron chi connectivity index (χ2n) is 6.70. The highest BCUT2D eigenvalue weighted by Crippen LogP contribution is 2.22. The van der Waals surface area contributed by atoms with Gasteiger partial charge in [-0.15, -0.1) is 0 Å². The Morgan fingerprint density at radius 3 is 2.58 bits per heavy atom. The summed E-state index contributed by atoms with van der Waals surface area (Å²) in [5.41, 5.74) is 2.16. The van der Waals surface area contributed by atoms with Crippen molar-refractivity contribution in [3.05, 3.63) is 70.7 Å². The highest BCUT2D eigenvalue weighted by atomic mass is 35.5. The molecule has 0 amide bonds. The second-order valence-corrected chi connectivity index (χ2v) is 7.13. The third-order valence-electron chi connectivity index (χ3n) is 4.82. The summed E-state index contributed by atoms with van der Waals surface area (Å²) in [5.74, 6) is 0.882. The van der Waals surface area contributed by atoms with E-state index in [-0.39, 0.29) is 5.78 Å². The fourth-order valence-electron chi connectivity index (χ4n) is 3.48. The lowest BCUT2D eigenvalue weighted by Gasteiger charge is -2.32. The topological polar surface area (TPSA) is 20.3 Å². The van der Waals surface area contributed by atoms with E-state index in [1.54, 1.807) is 12.1 Å². The van der Waals surface area contributed by atoms with Gasteiger partial charge in [0.15, 0.2) is 5.78 Å². The Labute approximate surface area is 149 Å². The molecule has 0 N–H and O–H groups in total. The number of rotatable bonds is 6. The first kappa shape index (κ1) is 17.2. The molecule has 0 spiro atoms. The highest BCUT2D eigenvalue weighted by Gasteiger charge is 2.21. The molecule has 0 unspecified atom stereocenters. The minimum atomic E-state index is 0.190. The van der Waals surface area contributed by atoms with Crippen molar-refractivity contribution in [3.63, 3.8) is 0 Å². The number of nitrogens with zero attached hydrogens (tertiary/aromatic N) is 1. The van der Waals surface area contributed by atoms with E-state index in [9.17, 15) is 4.79 Å². The maximum absolute atomic E-state index is 12.4. The van der Waals surface area contributed by atoms with Crippen LogP contribution in [0, 0.1) is 5.92 Å². The molecule has 3 heteroatoms. The van der Waals surface area contributed by atoms with Crippen LogP contribution in [0.2, 0.25) is 5.02 Å². The van der Waals surface area contributed by atoms with Gasteiger partial charge in [-0.2, -0.15) is 0 Å². The number of aryl methyl sites for hydroxylation is 1. The summed E-state index contributed by atoms with van der Waals surface area (Å²) < 4.78 is 0. The van der Waals surface area contributed by atoms with Gasteiger partial charge in [-0.25, -0.2) is 0 Å². The third kappa shape index (κ3) is 4.93. The SMILES string of the molecule is O=C(CN1CCC[C@@H](CCc2ccccc2)C1)c1ccc(Cl)cc1. The summed E-state index contributed by atoms with van der Waals surface area (Å²) in [6.07, 6.45) is 4.80. The standard InChI is InChI=1S/C21H24ClNO/c22-20-12-10-19(11-13-20)21(24)16-23-14-4-7-18(15-23)9-8-17-5-2-1-3-6-17/h1-3,5-6,10-13,18H,4,7-9,14-16H2/t18-/m0/s1. The van der Waals surface area contributed by atoms with Crippen molar-refractivity contribution >= 4 is 17.4 Å². The van der Waals surface area contributed by atoms with Gasteiger partial charge in [0, 0.05) is 17.1 Å². The fourth-order valence-corrected chi connectivity index (χ4v) is 3.60. The molecule has 126 valence electrons. The van der Waals surface area contributed by atoms with E-state index in [4.69, 9.17) is 11.6 Å².